The van der Waals surface area contributed by atoms with Crippen molar-refractivity contribution in [2.45, 2.75) is 52.1 Å². The molecule has 1 unspecified atom stereocenters. The van der Waals surface area contributed by atoms with Gasteiger partial charge in [-0.2, -0.15) is 0 Å². The zero-order valence-corrected chi connectivity index (χ0v) is 19.0. The lowest BCUT2D eigenvalue weighted by Crippen LogP contribution is -2.39. The molecule has 2 aliphatic heterocycles. The SMILES string of the molecule is CCNC(=NCCCN1CCC(C)CC1)NCCOCC1CCCO1.I. The fourth-order valence-corrected chi connectivity index (χ4v) is 3.34. The van der Waals surface area contributed by atoms with Crippen LogP contribution < -0.4 is 10.6 Å². The van der Waals surface area contributed by atoms with Crippen LogP contribution in [0.15, 0.2) is 4.99 Å². The second kappa shape index (κ2) is 14.9. The first kappa shape index (κ1) is 23.9. The van der Waals surface area contributed by atoms with E-state index in [4.69, 9.17) is 9.47 Å². The van der Waals surface area contributed by atoms with Crippen molar-refractivity contribution < 1.29 is 9.47 Å². The van der Waals surface area contributed by atoms with Gasteiger partial charge >= 0.3 is 0 Å². The summed E-state index contributed by atoms with van der Waals surface area (Å²) in [7, 11) is 0. The molecular weight excluding hydrogens is 443 g/mol. The molecule has 2 N–H and O–H groups in total. The van der Waals surface area contributed by atoms with Crippen LogP contribution >= 0.6 is 24.0 Å². The molecule has 1 atom stereocenters. The van der Waals surface area contributed by atoms with Gasteiger partial charge in [0.15, 0.2) is 5.96 Å². The van der Waals surface area contributed by atoms with Gasteiger partial charge in [0.1, 0.15) is 0 Å². The lowest BCUT2D eigenvalue weighted by Gasteiger charge is -2.29. The minimum atomic E-state index is 0. The van der Waals surface area contributed by atoms with Crippen molar-refractivity contribution in [3.63, 3.8) is 0 Å². The molecule has 0 radical (unpaired) electrons. The number of likely N-dealkylation sites (tertiary alicyclic amines) is 1. The second-order valence-electron chi connectivity index (χ2n) is 7.28. The molecular formula is C19H39IN4O2. The number of aliphatic imine (C=N–C) groups is 1. The molecule has 7 heteroatoms. The maximum Gasteiger partial charge on any atom is 0.191 e. The largest absolute Gasteiger partial charge is 0.377 e. The number of guanidine groups is 1. The summed E-state index contributed by atoms with van der Waals surface area (Å²) >= 11 is 0. The van der Waals surface area contributed by atoms with E-state index in [0.717, 1.165) is 51.0 Å². The first-order chi connectivity index (χ1) is 12.3. The van der Waals surface area contributed by atoms with E-state index in [2.05, 4.69) is 34.4 Å². The Morgan fingerprint density at radius 3 is 2.73 bits per heavy atom. The van der Waals surface area contributed by atoms with E-state index in [9.17, 15) is 0 Å². The smallest absolute Gasteiger partial charge is 0.191 e. The molecule has 2 fully saturated rings. The third-order valence-electron chi connectivity index (χ3n) is 4.99. The quantitative estimate of drug-likeness (QED) is 0.217. The van der Waals surface area contributed by atoms with Crippen LogP contribution in [-0.2, 0) is 9.47 Å². The molecule has 0 aromatic rings. The topological polar surface area (TPSA) is 58.1 Å². The number of hydrogen-bond donors (Lipinski definition) is 2. The summed E-state index contributed by atoms with van der Waals surface area (Å²) in [4.78, 5) is 7.25. The molecule has 0 amide bonds. The molecule has 26 heavy (non-hydrogen) atoms. The summed E-state index contributed by atoms with van der Waals surface area (Å²) < 4.78 is 11.2. The van der Waals surface area contributed by atoms with E-state index in [1.165, 1.54) is 38.9 Å². The number of halogens is 1. The van der Waals surface area contributed by atoms with Crippen molar-refractivity contribution in [1.82, 2.24) is 15.5 Å². The molecule has 6 nitrogen and oxygen atoms in total. The van der Waals surface area contributed by atoms with Crippen LogP contribution in [0.3, 0.4) is 0 Å². The molecule has 0 aliphatic carbocycles. The minimum absolute atomic E-state index is 0. The van der Waals surface area contributed by atoms with Crippen LogP contribution in [0.2, 0.25) is 0 Å². The fraction of sp³-hybridized carbons (Fsp3) is 0.947. The van der Waals surface area contributed by atoms with E-state index in [-0.39, 0.29) is 24.0 Å². The highest BCUT2D eigenvalue weighted by molar-refractivity contribution is 14.0. The molecule has 0 bridgehead atoms. The Kier molecular flexibility index (Phi) is 13.7. The molecule has 2 saturated heterocycles. The second-order valence-corrected chi connectivity index (χ2v) is 7.28. The fourth-order valence-electron chi connectivity index (χ4n) is 3.34. The van der Waals surface area contributed by atoms with Gasteiger partial charge in [-0.3, -0.25) is 4.99 Å². The summed E-state index contributed by atoms with van der Waals surface area (Å²) in [6, 6.07) is 0. The van der Waals surface area contributed by atoms with Crippen LogP contribution in [0.4, 0.5) is 0 Å². The number of nitrogens with zero attached hydrogens (tertiary/aromatic N) is 2. The Morgan fingerprint density at radius 1 is 1.23 bits per heavy atom. The van der Waals surface area contributed by atoms with Gasteiger partial charge < -0.3 is 25.0 Å². The Labute approximate surface area is 176 Å². The minimum Gasteiger partial charge on any atom is -0.377 e. The van der Waals surface area contributed by atoms with Gasteiger partial charge in [-0.25, -0.2) is 0 Å². The molecule has 0 spiro atoms. The van der Waals surface area contributed by atoms with E-state index in [0.29, 0.717) is 19.3 Å². The number of nitrogens with one attached hydrogen (secondary N) is 2. The van der Waals surface area contributed by atoms with Gasteiger partial charge in [0.05, 0.1) is 19.3 Å². The van der Waals surface area contributed by atoms with Gasteiger partial charge in [-0.1, -0.05) is 6.92 Å². The van der Waals surface area contributed by atoms with E-state index < -0.39 is 0 Å². The average Bonchev–Trinajstić information content (AvgIpc) is 3.13. The van der Waals surface area contributed by atoms with E-state index >= 15 is 0 Å². The summed E-state index contributed by atoms with van der Waals surface area (Å²) in [6.07, 6.45) is 6.42. The van der Waals surface area contributed by atoms with Gasteiger partial charge in [-0.05, 0) is 64.6 Å². The van der Waals surface area contributed by atoms with Gasteiger partial charge in [0.25, 0.3) is 0 Å². The standard InChI is InChI=1S/C19H38N4O2.HI/c1-3-20-19(22-10-15-24-16-18-6-4-14-25-18)21-9-5-11-23-12-7-17(2)8-13-23;/h17-18H,3-16H2,1-2H3,(H2,20,21,22);1H. The first-order valence-electron chi connectivity index (χ1n) is 10.2. The van der Waals surface area contributed by atoms with E-state index in [1.54, 1.807) is 0 Å². The molecule has 154 valence electrons. The Balaban J connectivity index is 0.00000338. The van der Waals surface area contributed by atoms with Crippen LogP contribution in [0.5, 0.6) is 0 Å². The third kappa shape index (κ3) is 10.3. The molecule has 0 aromatic carbocycles. The van der Waals surface area contributed by atoms with Crippen molar-refractivity contribution >= 4 is 29.9 Å². The Morgan fingerprint density at radius 2 is 2.04 bits per heavy atom. The summed E-state index contributed by atoms with van der Waals surface area (Å²) in [5.41, 5.74) is 0. The number of ether oxygens (including phenoxy) is 2. The maximum atomic E-state index is 5.68. The monoisotopic (exact) mass is 482 g/mol. The predicted molar refractivity (Wildman–Crippen MR) is 119 cm³/mol. The van der Waals surface area contributed by atoms with Crippen LogP contribution in [-0.4, -0.2) is 76.1 Å². The number of rotatable bonds is 10. The van der Waals surface area contributed by atoms with Crippen LogP contribution in [0.25, 0.3) is 0 Å². The normalized spacial score (nSPS) is 22.2. The molecule has 2 heterocycles. The van der Waals surface area contributed by atoms with Crippen LogP contribution in [0, 0.1) is 5.92 Å². The zero-order chi connectivity index (χ0) is 17.7. The van der Waals surface area contributed by atoms with Gasteiger partial charge in [-0.15, -0.1) is 24.0 Å². The highest BCUT2D eigenvalue weighted by Crippen LogP contribution is 2.15. The maximum absolute atomic E-state index is 5.68. The van der Waals surface area contributed by atoms with E-state index in [1.807, 2.05) is 0 Å². The number of piperidine rings is 1. The van der Waals surface area contributed by atoms with Gasteiger partial charge in [0.2, 0.25) is 0 Å². The van der Waals surface area contributed by atoms with Gasteiger partial charge in [0, 0.05) is 26.2 Å². The van der Waals surface area contributed by atoms with Crippen LogP contribution in [0.1, 0.15) is 46.0 Å². The van der Waals surface area contributed by atoms with Crippen molar-refractivity contribution in [2.75, 3.05) is 59.1 Å². The zero-order valence-electron chi connectivity index (χ0n) is 16.7. The first-order valence-corrected chi connectivity index (χ1v) is 10.2. The Hall–Kier alpha value is -0.120. The molecule has 0 saturated carbocycles. The highest BCUT2D eigenvalue weighted by atomic mass is 127. The summed E-state index contributed by atoms with van der Waals surface area (Å²) in [6.45, 7) is 13.0. The Bertz CT molecular complexity index is 371. The summed E-state index contributed by atoms with van der Waals surface area (Å²) in [5.74, 6) is 1.80. The highest BCUT2D eigenvalue weighted by Gasteiger charge is 2.15. The molecule has 2 aliphatic rings. The lowest BCUT2D eigenvalue weighted by molar-refractivity contribution is 0.0191. The third-order valence-corrected chi connectivity index (χ3v) is 4.99. The molecule has 2 rings (SSSR count). The average molecular weight is 482 g/mol. The van der Waals surface area contributed by atoms with Crippen molar-refractivity contribution in [1.29, 1.82) is 0 Å². The number of hydrogen-bond acceptors (Lipinski definition) is 4. The summed E-state index contributed by atoms with van der Waals surface area (Å²) in [5, 5.41) is 6.65. The lowest BCUT2D eigenvalue weighted by atomic mass is 9.99. The molecule has 0 aromatic heterocycles. The van der Waals surface area contributed by atoms with Crippen molar-refractivity contribution in [3.8, 4) is 0 Å². The van der Waals surface area contributed by atoms with Crippen molar-refractivity contribution in [2.24, 2.45) is 10.9 Å². The van der Waals surface area contributed by atoms with Crippen molar-refractivity contribution in [3.05, 3.63) is 0 Å². The predicted octanol–water partition coefficient (Wildman–Crippen LogP) is 2.48.